The van der Waals surface area contributed by atoms with E-state index in [2.05, 4.69) is 36.4 Å². The lowest BCUT2D eigenvalue weighted by atomic mass is 10.0. The van der Waals surface area contributed by atoms with E-state index in [1.807, 2.05) is 48.5 Å². The Labute approximate surface area is 232 Å². The zero-order chi connectivity index (χ0) is 25.6. The second kappa shape index (κ2) is 9.21. The monoisotopic (exact) mass is 560 g/mol. The molecule has 0 radical (unpaired) electrons. The molecule has 3 aromatic heterocycles. The van der Waals surface area contributed by atoms with Crippen molar-refractivity contribution in [2.75, 3.05) is 0 Å². The number of thiophene rings is 2. The number of nitriles is 2. The highest BCUT2D eigenvalue weighted by Gasteiger charge is 2.27. The first-order chi connectivity index (χ1) is 18.7. The summed E-state index contributed by atoms with van der Waals surface area (Å²) < 4.78 is 18.8. The molecule has 0 saturated heterocycles. The first-order valence-corrected chi connectivity index (χ1v) is 14.4. The lowest BCUT2D eigenvalue weighted by Gasteiger charge is -2.09. The van der Waals surface area contributed by atoms with Crippen LogP contribution in [0.3, 0.4) is 0 Å². The second-order valence-corrected chi connectivity index (χ2v) is 11.6. The fourth-order valence-electron chi connectivity index (χ4n) is 4.46. The number of hydrogen-bond donors (Lipinski definition) is 0. The fourth-order valence-corrected chi connectivity index (χ4v) is 7.68. The molecule has 6 aromatic rings. The Hall–Kier alpha value is -4.32. The molecular weight excluding hydrogens is 549 g/mol. The van der Waals surface area contributed by atoms with Crippen molar-refractivity contribution < 1.29 is 0 Å². The van der Waals surface area contributed by atoms with Crippen LogP contribution in [-0.4, -0.2) is 8.75 Å². The van der Waals surface area contributed by atoms with Crippen LogP contribution in [0.5, 0.6) is 0 Å². The van der Waals surface area contributed by atoms with Gasteiger partial charge in [-0.25, -0.2) is 0 Å². The van der Waals surface area contributed by atoms with Crippen molar-refractivity contribution in [1.82, 2.24) is 8.75 Å². The molecule has 0 aliphatic carbocycles. The van der Waals surface area contributed by atoms with Crippen molar-refractivity contribution in [2.24, 2.45) is 8.73 Å². The summed E-state index contributed by atoms with van der Waals surface area (Å²) in [6.07, 6.45) is 0. The van der Waals surface area contributed by atoms with E-state index < -0.39 is 0 Å². The maximum absolute atomic E-state index is 9.30. The average Bonchev–Trinajstić information content (AvgIpc) is 3.78. The molecule has 0 spiro atoms. The number of nitrogens with zero attached hydrogens (tertiary/aromatic N) is 6. The molecule has 7 rings (SSSR count). The van der Waals surface area contributed by atoms with Gasteiger partial charge in [-0.3, -0.25) is 0 Å². The van der Waals surface area contributed by atoms with Crippen molar-refractivity contribution in [3.8, 4) is 53.9 Å². The van der Waals surface area contributed by atoms with E-state index in [0.717, 1.165) is 64.2 Å². The molecule has 10 heteroatoms. The smallest absolute Gasteiger partial charge is 0.116 e. The minimum absolute atomic E-state index is 0.633. The molecule has 0 N–H and O–H groups in total. The highest BCUT2D eigenvalue weighted by atomic mass is 32.1. The van der Waals surface area contributed by atoms with Gasteiger partial charge in [0.2, 0.25) is 0 Å². The standard InChI is InChI=1S/C28H12N6S4/c29-13-15-3-1-5-17(11-15)19-7-9-21(35-19)23-25-27(33-37-31-25)24(28-26(23)32-38-34-28)22-10-8-20(36-22)18-6-2-4-16(12-18)14-30/h1-12H. The van der Waals surface area contributed by atoms with Gasteiger partial charge in [-0.05, 0) is 59.7 Å². The van der Waals surface area contributed by atoms with Crippen molar-refractivity contribution >= 4 is 68.2 Å². The van der Waals surface area contributed by atoms with Crippen LogP contribution in [0.15, 0.2) is 81.5 Å². The molecule has 0 amide bonds. The van der Waals surface area contributed by atoms with E-state index in [4.69, 9.17) is 17.5 Å². The third-order valence-corrected chi connectivity index (χ3v) is 9.54. The summed E-state index contributed by atoms with van der Waals surface area (Å²) in [7, 11) is 0. The Morgan fingerprint density at radius 2 is 1.05 bits per heavy atom. The minimum atomic E-state index is 0.633. The van der Waals surface area contributed by atoms with Gasteiger partial charge >= 0.3 is 0 Å². The van der Waals surface area contributed by atoms with Gasteiger partial charge < -0.3 is 0 Å². The van der Waals surface area contributed by atoms with E-state index in [1.54, 1.807) is 22.7 Å². The van der Waals surface area contributed by atoms with Crippen LogP contribution < -0.4 is 0 Å². The van der Waals surface area contributed by atoms with Crippen molar-refractivity contribution in [2.45, 2.75) is 0 Å². The predicted octanol–water partition coefficient (Wildman–Crippen LogP) is 8.95. The van der Waals surface area contributed by atoms with Crippen LogP contribution >= 0.6 is 34.4 Å². The highest BCUT2D eigenvalue weighted by Crippen LogP contribution is 2.54. The molecule has 4 heterocycles. The normalized spacial score (nSPS) is 11.7. The summed E-state index contributed by atoms with van der Waals surface area (Å²) in [4.78, 5) is 4.20. The van der Waals surface area contributed by atoms with E-state index in [1.165, 1.54) is 23.1 Å². The quantitative estimate of drug-likeness (QED) is 0.214. The first-order valence-electron chi connectivity index (χ1n) is 11.4. The lowest BCUT2D eigenvalue weighted by Crippen LogP contribution is -1.85. The number of rotatable bonds is 4. The van der Waals surface area contributed by atoms with E-state index in [-0.39, 0.29) is 0 Å². The molecule has 38 heavy (non-hydrogen) atoms. The van der Waals surface area contributed by atoms with Crippen LogP contribution in [0.25, 0.3) is 52.8 Å². The largest absolute Gasteiger partial charge is 0.192 e. The van der Waals surface area contributed by atoms with Gasteiger partial charge in [0.05, 0.1) is 46.3 Å². The SMILES string of the molecule is N#Cc1cccc(-c2ccc(-c3c4c(c(-c5ccc(-c6cccc(C#N)c6)s5)c5nsnc35)N=S=N4)s2)c1. The first kappa shape index (κ1) is 22.8. The number of fused-ring (bicyclic) bond motifs is 2. The molecule has 178 valence electrons. The predicted molar refractivity (Wildman–Crippen MR) is 156 cm³/mol. The van der Waals surface area contributed by atoms with Gasteiger partial charge in [0.1, 0.15) is 22.4 Å². The van der Waals surface area contributed by atoms with Gasteiger partial charge in [-0.2, -0.15) is 28.0 Å². The Kier molecular flexibility index (Phi) is 5.54. The summed E-state index contributed by atoms with van der Waals surface area (Å²) in [6.45, 7) is 0. The number of benzene rings is 3. The molecule has 1 aliphatic rings. The zero-order valence-corrected chi connectivity index (χ0v) is 22.5. The molecule has 0 saturated carbocycles. The van der Waals surface area contributed by atoms with Gasteiger partial charge in [-0.15, -0.1) is 22.7 Å². The molecule has 1 aliphatic heterocycles. The maximum Gasteiger partial charge on any atom is 0.116 e. The summed E-state index contributed by atoms with van der Waals surface area (Å²) in [5.74, 6) is 0. The van der Waals surface area contributed by atoms with Gasteiger partial charge in [0.25, 0.3) is 0 Å². The molecule has 3 aromatic carbocycles. The molecule has 0 unspecified atom stereocenters. The van der Waals surface area contributed by atoms with Crippen LogP contribution in [0.4, 0.5) is 11.4 Å². The van der Waals surface area contributed by atoms with E-state index in [0.29, 0.717) is 11.1 Å². The van der Waals surface area contributed by atoms with Crippen LogP contribution in [-0.2, 0) is 11.4 Å². The fraction of sp³-hybridized carbons (Fsp3) is 0. The van der Waals surface area contributed by atoms with Crippen LogP contribution in [0.1, 0.15) is 11.1 Å². The highest BCUT2D eigenvalue weighted by molar-refractivity contribution is 7.58. The third kappa shape index (κ3) is 3.71. The molecule has 0 atom stereocenters. The van der Waals surface area contributed by atoms with Gasteiger partial charge in [0, 0.05) is 30.6 Å². The van der Waals surface area contributed by atoms with Crippen LogP contribution in [0.2, 0.25) is 0 Å². The van der Waals surface area contributed by atoms with E-state index in [9.17, 15) is 10.5 Å². The molecule has 0 fully saturated rings. The third-order valence-electron chi connectivity index (χ3n) is 6.18. The van der Waals surface area contributed by atoms with Gasteiger partial charge in [0.15, 0.2) is 0 Å². The summed E-state index contributed by atoms with van der Waals surface area (Å²) >= 11 is 5.66. The van der Waals surface area contributed by atoms with Crippen molar-refractivity contribution in [3.05, 3.63) is 83.9 Å². The Balaban J connectivity index is 1.37. The Morgan fingerprint density at radius 1 is 0.579 bits per heavy atom. The minimum Gasteiger partial charge on any atom is -0.192 e. The van der Waals surface area contributed by atoms with Crippen LogP contribution in [0, 0.1) is 22.7 Å². The van der Waals surface area contributed by atoms with Gasteiger partial charge in [-0.1, -0.05) is 24.3 Å². The summed E-state index contributed by atoms with van der Waals surface area (Å²) in [6, 6.07) is 28.0. The number of aromatic nitrogens is 2. The molecule has 0 bridgehead atoms. The average molecular weight is 561 g/mol. The number of hydrogen-bond acceptors (Lipinski definition) is 9. The van der Waals surface area contributed by atoms with Crippen molar-refractivity contribution in [3.63, 3.8) is 0 Å². The Bertz CT molecular complexity index is 1920. The van der Waals surface area contributed by atoms with E-state index >= 15 is 0 Å². The zero-order valence-electron chi connectivity index (χ0n) is 19.2. The topological polar surface area (TPSA) is 98.1 Å². The summed E-state index contributed by atoms with van der Waals surface area (Å²) in [5.41, 5.74) is 8.39. The maximum atomic E-state index is 9.30. The van der Waals surface area contributed by atoms with Crippen molar-refractivity contribution in [1.29, 1.82) is 10.5 Å². The molecular formula is C28H12N6S4. The lowest BCUT2D eigenvalue weighted by molar-refractivity contribution is 1.49. The second-order valence-electron chi connectivity index (χ2n) is 8.39. The molecule has 6 nitrogen and oxygen atoms in total. The Morgan fingerprint density at radius 3 is 1.53 bits per heavy atom. The summed E-state index contributed by atoms with van der Waals surface area (Å²) in [5, 5.41) is 18.6.